The lowest BCUT2D eigenvalue weighted by Crippen LogP contribution is -2.19. The van der Waals surface area contributed by atoms with Gasteiger partial charge in [0.05, 0.1) is 13.6 Å². The Bertz CT molecular complexity index is 486. The lowest BCUT2D eigenvalue weighted by Gasteiger charge is -1.98. The van der Waals surface area contributed by atoms with Gasteiger partial charge in [-0.05, 0) is 11.3 Å². The molecule has 0 bridgehead atoms. The van der Waals surface area contributed by atoms with Crippen molar-refractivity contribution in [2.24, 2.45) is 7.05 Å². The highest BCUT2D eigenvalue weighted by atomic mass is 16.1. The van der Waals surface area contributed by atoms with Crippen LogP contribution in [0.4, 0.5) is 0 Å². The molecule has 0 spiro atoms. The van der Waals surface area contributed by atoms with Gasteiger partial charge in [-0.1, -0.05) is 6.07 Å². The predicted molar refractivity (Wildman–Crippen MR) is 48.6 cm³/mol. The van der Waals surface area contributed by atoms with Crippen molar-refractivity contribution in [2.45, 2.75) is 6.54 Å². The van der Waals surface area contributed by atoms with Gasteiger partial charge in [-0.25, -0.2) is 0 Å². The molecule has 0 saturated heterocycles. The lowest BCUT2D eigenvalue weighted by molar-refractivity contribution is 0.624. The minimum Gasteiger partial charge on any atom is -0.308 e. The summed E-state index contributed by atoms with van der Waals surface area (Å²) in [5.74, 6) is 0.529. The molecule has 0 radical (unpaired) electrons. The van der Waals surface area contributed by atoms with Crippen LogP contribution in [0.1, 0.15) is 5.82 Å². The molecule has 0 aliphatic carbocycles. The Balaban J connectivity index is 2.27. The van der Waals surface area contributed by atoms with Gasteiger partial charge < -0.3 is 4.57 Å². The maximum absolute atomic E-state index is 11.3. The van der Waals surface area contributed by atoms with Gasteiger partial charge in [-0.2, -0.15) is 4.80 Å². The van der Waals surface area contributed by atoms with Crippen LogP contribution in [0.2, 0.25) is 0 Å². The van der Waals surface area contributed by atoms with E-state index in [1.165, 1.54) is 15.4 Å². The van der Waals surface area contributed by atoms with Crippen molar-refractivity contribution in [1.82, 2.24) is 24.8 Å². The number of hydrogen-bond acceptors (Lipinski definition) is 4. The van der Waals surface area contributed by atoms with E-state index in [1.807, 2.05) is 0 Å². The third-order valence-electron chi connectivity index (χ3n) is 1.76. The number of rotatable bonds is 2. The molecule has 2 rings (SSSR count). The van der Waals surface area contributed by atoms with E-state index in [1.54, 1.807) is 25.4 Å². The third-order valence-corrected chi connectivity index (χ3v) is 1.76. The van der Waals surface area contributed by atoms with Gasteiger partial charge in [0.1, 0.15) is 0 Å². The van der Waals surface area contributed by atoms with Crippen LogP contribution in [0.15, 0.2) is 29.2 Å². The summed E-state index contributed by atoms with van der Waals surface area (Å²) in [4.78, 5) is 12.7. The first-order valence-corrected chi connectivity index (χ1v) is 4.14. The number of tetrazole rings is 1. The normalized spacial score (nSPS) is 10.4. The van der Waals surface area contributed by atoms with E-state index in [-0.39, 0.29) is 5.56 Å². The van der Waals surface area contributed by atoms with Crippen molar-refractivity contribution >= 4 is 0 Å². The molecule has 0 fully saturated rings. The van der Waals surface area contributed by atoms with Crippen LogP contribution in [0, 0.1) is 0 Å². The van der Waals surface area contributed by atoms with Crippen molar-refractivity contribution in [3.8, 4) is 0 Å². The highest BCUT2D eigenvalue weighted by molar-refractivity contribution is 4.95. The summed E-state index contributed by atoms with van der Waals surface area (Å²) in [6.45, 7) is 0.355. The zero-order chi connectivity index (χ0) is 9.97. The first-order valence-electron chi connectivity index (χ1n) is 4.14. The second-order valence-corrected chi connectivity index (χ2v) is 2.86. The SMILES string of the molecule is Cn1nnc(Cn2ccccc2=O)n1. The molecule has 6 nitrogen and oxygen atoms in total. The maximum Gasteiger partial charge on any atom is 0.250 e. The molecule has 0 atom stereocenters. The van der Waals surface area contributed by atoms with Crippen LogP contribution in [0.5, 0.6) is 0 Å². The van der Waals surface area contributed by atoms with Crippen LogP contribution >= 0.6 is 0 Å². The summed E-state index contributed by atoms with van der Waals surface area (Å²) in [6.07, 6.45) is 1.69. The Morgan fingerprint density at radius 2 is 2.29 bits per heavy atom. The Kier molecular flexibility index (Phi) is 2.10. The number of hydrogen-bond donors (Lipinski definition) is 0. The molecule has 72 valence electrons. The van der Waals surface area contributed by atoms with Crippen LogP contribution in [0.25, 0.3) is 0 Å². The van der Waals surface area contributed by atoms with Crippen molar-refractivity contribution in [3.05, 3.63) is 40.6 Å². The largest absolute Gasteiger partial charge is 0.308 e. The van der Waals surface area contributed by atoms with E-state index < -0.39 is 0 Å². The van der Waals surface area contributed by atoms with Crippen LogP contribution < -0.4 is 5.56 Å². The molecule has 2 aromatic heterocycles. The van der Waals surface area contributed by atoms with Gasteiger partial charge >= 0.3 is 0 Å². The summed E-state index contributed by atoms with van der Waals surface area (Å²) < 4.78 is 1.52. The quantitative estimate of drug-likeness (QED) is 0.637. The average molecular weight is 191 g/mol. The Hall–Kier alpha value is -1.98. The van der Waals surface area contributed by atoms with Crippen molar-refractivity contribution in [2.75, 3.05) is 0 Å². The van der Waals surface area contributed by atoms with Gasteiger partial charge in [0.25, 0.3) is 5.56 Å². The Morgan fingerprint density at radius 3 is 2.93 bits per heavy atom. The smallest absolute Gasteiger partial charge is 0.250 e. The number of pyridine rings is 1. The highest BCUT2D eigenvalue weighted by Crippen LogP contribution is 1.89. The molecule has 0 aliphatic rings. The molecule has 0 unspecified atom stereocenters. The Morgan fingerprint density at radius 1 is 1.43 bits per heavy atom. The Labute approximate surface area is 79.8 Å². The van der Waals surface area contributed by atoms with Crippen LogP contribution in [-0.4, -0.2) is 24.8 Å². The van der Waals surface area contributed by atoms with E-state index in [0.717, 1.165) is 0 Å². The van der Waals surface area contributed by atoms with Crippen molar-refractivity contribution in [1.29, 1.82) is 0 Å². The van der Waals surface area contributed by atoms with Gasteiger partial charge in [0.2, 0.25) is 0 Å². The van der Waals surface area contributed by atoms with E-state index >= 15 is 0 Å². The van der Waals surface area contributed by atoms with Crippen LogP contribution in [-0.2, 0) is 13.6 Å². The molecule has 14 heavy (non-hydrogen) atoms. The molecular formula is C8H9N5O. The van der Waals surface area contributed by atoms with Gasteiger partial charge in [0, 0.05) is 12.3 Å². The minimum absolute atomic E-state index is 0.0695. The van der Waals surface area contributed by atoms with Gasteiger partial charge in [0.15, 0.2) is 5.82 Å². The summed E-state index contributed by atoms with van der Waals surface area (Å²) in [6, 6.07) is 4.98. The van der Waals surface area contributed by atoms with Gasteiger partial charge in [-0.3, -0.25) is 4.79 Å². The van der Waals surface area contributed by atoms with Crippen LogP contribution in [0.3, 0.4) is 0 Å². The van der Waals surface area contributed by atoms with Gasteiger partial charge in [-0.15, -0.1) is 10.2 Å². The summed E-state index contributed by atoms with van der Waals surface area (Å²) >= 11 is 0. The first kappa shape index (κ1) is 8.61. The topological polar surface area (TPSA) is 65.6 Å². The number of nitrogens with zero attached hydrogens (tertiary/aromatic N) is 5. The molecule has 0 saturated carbocycles. The minimum atomic E-state index is -0.0695. The second kappa shape index (κ2) is 3.41. The second-order valence-electron chi connectivity index (χ2n) is 2.86. The number of aryl methyl sites for hydroxylation is 1. The van der Waals surface area contributed by atoms with E-state index in [0.29, 0.717) is 12.4 Å². The molecule has 2 heterocycles. The predicted octanol–water partition coefficient (Wildman–Crippen LogP) is -0.580. The summed E-state index contributed by atoms with van der Waals surface area (Å²) in [5, 5.41) is 11.5. The monoisotopic (exact) mass is 191 g/mol. The molecule has 6 heteroatoms. The van der Waals surface area contributed by atoms with E-state index in [9.17, 15) is 4.79 Å². The van der Waals surface area contributed by atoms with Crippen molar-refractivity contribution < 1.29 is 0 Å². The molecule has 0 aliphatic heterocycles. The molecular weight excluding hydrogens is 182 g/mol. The summed E-state index contributed by atoms with van der Waals surface area (Å²) in [7, 11) is 1.68. The van der Waals surface area contributed by atoms with Crippen molar-refractivity contribution in [3.63, 3.8) is 0 Å². The standard InChI is InChI=1S/C8H9N5O/c1-12-10-7(9-11-12)6-13-5-3-2-4-8(13)14/h2-5H,6H2,1H3. The van der Waals surface area contributed by atoms with E-state index in [2.05, 4.69) is 15.4 Å². The zero-order valence-electron chi connectivity index (χ0n) is 7.66. The first-order chi connectivity index (χ1) is 6.75. The third kappa shape index (κ3) is 1.68. The van der Waals surface area contributed by atoms with E-state index in [4.69, 9.17) is 0 Å². The zero-order valence-corrected chi connectivity index (χ0v) is 7.66. The lowest BCUT2D eigenvalue weighted by atomic mass is 10.4. The average Bonchev–Trinajstić information content (AvgIpc) is 2.56. The summed E-state index contributed by atoms with van der Waals surface area (Å²) in [5.41, 5.74) is -0.0695. The molecule has 0 aromatic carbocycles. The highest BCUT2D eigenvalue weighted by Gasteiger charge is 2.01. The maximum atomic E-state index is 11.3. The molecule has 0 N–H and O–H groups in total. The molecule has 2 aromatic rings. The fourth-order valence-electron chi connectivity index (χ4n) is 1.13. The fourth-order valence-corrected chi connectivity index (χ4v) is 1.13. The number of aromatic nitrogens is 5. The molecule has 0 amide bonds. The fraction of sp³-hybridized carbons (Fsp3) is 0.250.